The van der Waals surface area contributed by atoms with Gasteiger partial charge in [-0.2, -0.15) is 0 Å². The lowest BCUT2D eigenvalue weighted by Gasteiger charge is -2.30. The van der Waals surface area contributed by atoms with Gasteiger partial charge in [0.1, 0.15) is 5.82 Å². The van der Waals surface area contributed by atoms with Crippen LogP contribution in [0, 0.1) is 5.82 Å². The highest BCUT2D eigenvalue weighted by atomic mass is 19.1. The zero-order valence-electron chi connectivity index (χ0n) is 16.4. The third kappa shape index (κ3) is 3.82. The van der Waals surface area contributed by atoms with Gasteiger partial charge in [0.15, 0.2) is 17.1 Å². The summed E-state index contributed by atoms with van der Waals surface area (Å²) in [7, 11) is 0. The third-order valence-corrected chi connectivity index (χ3v) is 5.73. The number of rotatable bonds is 5. The Balaban J connectivity index is 1.12. The Labute approximate surface area is 172 Å². The van der Waals surface area contributed by atoms with Gasteiger partial charge in [-0.3, -0.25) is 9.69 Å². The first-order valence-corrected chi connectivity index (χ1v) is 10.1. The fourth-order valence-electron chi connectivity index (χ4n) is 4.10. The SMILES string of the molecule is O=C(CN1CCC(c2noc3cc(F)ccc23)CC1)NCc1ccc2c(c1)OCO2. The normalized spacial score (nSPS) is 16.8. The molecule has 3 aromatic rings. The molecule has 0 spiro atoms. The maximum absolute atomic E-state index is 13.3. The molecule has 7 nitrogen and oxygen atoms in total. The molecule has 30 heavy (non-hydrogen) atoms. The average Bonchev–Trinajstić information content (AvgIpc) is 3.39. The lowest BCUT2D eigenvalue weighted by Crippen LogP contribution is -2.41. The molecule has 2 aromatic carbocycles. The molecule has 1 fully saturated rings. The average molecular weight is 411 g/mol. The molecule has 2 aliphatic rings. The van der Waals surface area contributed by atoms with Crippen molar-refractivity contribution in [2.75, 3.05) is 26.4 Å². The first kappa shape index (κ1) is 18.9. The zero-order valence-corrected chi connectivity index (χ0v) is 16.4. The standard InChI is InChI=1S/C22H22FN3O4/c23-16-2-3-17-19(10-16)30-25-22(17)15-5-7-26(8-6-15)12-21(27)24-11-14-1-4-18-20(9-14)29-13-28-18/h1-4,9-10,15H,5-8,11-13H2,(H,24,27). The third-order valence-electron chi connectivity index (χ3n) is 5.73. The van der Waals surface area contributed by atoms with E-state index in [0.29, 0.717) is 24.4 Å². The molecule has 5 rings (SSSR count). The lowest BCUT2D eigenvalue weighted by molar-refractivity contribution is -0.122. The summed E-state index contributed by atoms with van der Waals surface area (Å²) < 4.78 is 29.3. The van der Waals surface area contributed by atoms with E-state index in [2.05, 4.69) is 15.4 Å². The van der Waals surface area contributed by atoms with Crippen LogP contribution in [-0.4, -0.2) is 42.4 Å². The summed E-state index contributed by atoms with van der Waals surface area (Å²) in [5.41, 5.74) is 2.34. The van der Waals surface area contributed by atoms with Crippen LogP contribution in [0.1, 0.15) is 30.0 Å². The van der Waals surface area contributed by atoms with E-state index >= 15 is 0 Å². The van der Waals surface area contributed by atoms with Crippen molar-refractivity contribution in [2.24, 2.45) is 0 Å². The van der Waals surface area contributed by atoms with Gasteiger partial charge in [-0.1, -0.05) is 11.2 Å². The van der Waals surface area contributed by atoms with Crippen LogP contribution in [0.2, 0.25) is 0 Å². The molecule has 3 heterocycles. The summed E-state index contributed by atoms with van der Waals surface area (Å²) in [5.74, 6) is 1.37. The number of aromatic nitrogens is 1. The zero-order chi connectivity index (χ0) is 20.5. The first-order chi connectivity index (χ1) is 14.7. The molecule has 1 aromatic heterocycles. The number of ether oxygens (including phenoxy) is 2. The van der Waals surface area contributed by atoms with E-state index in [-0.39, 0.29) is 24.4 Å². The van der Waals surface area contributed by atoms with E-state index in [1.807, 2.05) is 18.2 Å². The van der Waals surface area contributed by atoms with Crippen molar-refractivity contribution >= 4 is 16.9 Å². The van der Waals surface area contributed by atoms with Gasteiger partial charge in [-0.05, 0) is 55.8 Å². The molecule has 0 aliphatic carbocycles. The molecule has 0 atom stereocenters. The minimum Gasteiger partial charge on any atom is -0.454 e. The number of carbonyl (C=O) groups is 1. The predicted octanol–water partition coefficient (Wildman–Crippen LogP) is 3.19. The Morgan fingerprint density at radius 1 is 1.13 bits per heavy atom. The quantitative estimate of drug-likeness (QED) is 0.695. The summed E-state index contributed by atoms with van der Waals surface area (Å²) in [6, 6.07) is 10.2. The maximum Gasteiger partial charge on any atom is 0.234 e. The van der Waals surface area contributed by atoms with Crippen LogP contribution >= 0.6 is 0 Å². The van der Waals surface area contributed by atoms with Gasteiger partial charge in [-0.15, -0.1) is 0 Å². The highest BCUT2D eigenvalue weighted by molar-refractivity contribution is 5.80. The summed E-state index contributed by atoms with van der Waals surface area (Å²) in [6.45, 7) is 2.66. The van der Waals surface area contributed by atoms with Crippen molar-refractivity contribution in [2.45, 2.75) is 25.3 Å². The van der Waals surface area contributed by atoms with E-state index in [1.165, 1.54) is 12.1 Å². The molecular weight excluding hydrogens is 389 g/mol. The highest BCUT2D eigenvalue weighted by Crippen LogP contribution is 2.33. The maximum atomic E-state index is 13.3. The molecule has 1 amide bonds. The van der Waals surface area contributed by atoms with Crippen molar-refractivity contribution in [3.8, 4) is 11.5 Å². The number of carbonyl (C=O) groups excluding carboxylic acids is 1. The molecule has 0 unspecified atom stereocenters. The largest absolute Gasteiger partial charge is 0.454 e. The molecule has 0 saturated carbocycles. The second kappa shape index (κ2) is 7.95. The Kier molecular flexibility index (Phi) is 5.00. The minimum absolute atomic E-state index is 0.00604. The molecule has 1 N–H and O–H groups in total. The second-order valence-corrected chi connectivity index (χ2v) is 7.72. The van der Waals surface area contributed by atoms with E-state index in [0.717, 1.165) is 48.3 Å². The highest BCUT2D eigenvalue weighted by Gasteiger charge is 2.26. The number of hydrogen-bond acceptors (Lipinski definition) is 6. The molecule has 0 bridgehead atoms. The van der Waals surface area contributed by atoms with Gasteiger partial charge >= 0.3 is 0 Å². The van der Waals surface area contributed by atoms with Crippen LogP contribution in [0.25, 0.3) is 11.0 Å². The summed E-state index contributed by atoms with van der Waals surface area (Å²) in [5, 5.41) is 8.01. The fourth-order valence-corrected chi connectivity index (χ4v) is 4.10. The Bertz CT molecular complexity index is 1080. The van der Waals surface area contributed by atoms with Crippen LogP contribution in [-0.2, 0) is 11.3 Å². The number of amides is 1. The molecule has 8 heteroatoms. The first-order valence-electron chi connectivity index (χ1n) is 10.1. The number of benzene rings is 2. The molecule has 156 valence electrons. The number of fused-ring (bicyclic) bond motifs is 2. The summed E-state index contributed by atoms with van der Waals surface area (Å²) in [6.07, 6.45) is 1.77. The van der Waals surface area contributed by atoms with Crippen LogP contribution in [0.4, 0.5) is 4.39 Å². The molecule has 2 aliphatic heterocycles. The van der Waals surface area contributed by atoms with Crippen LogP contribution < -0.4 is 14.8 Å². The number of piperidine rings is 1. The molecule has 1 saturated heterocycles. The smallest absolute Gasteiger partial charge is 0.234 e. The second-order valence-electron chi connectivity index (χ2n) is 7.72. The van der Waals surface area contributed by atoms with Gasteiger partial charge in [0.05, 0.1) is 12.2 Å². The number of nitrogens with one attached hydrogen (secondary N) is 1. The van der Waals surface area contributed by atoms with Crippen LogP contribution in [0.5, 0.6) is 11.5 Å². The Morgan fingerprint density at radius 2 is 1.97 bits per heavy atom. The Hall–Kier alpha value is -3.13. The van der Waals surface area contributed by atoms with E-state index in [9.17, 15) is 9.18 Å². The number of hydrogen-bond donors (Lipinski definition) is 1. The predicted molar refractivity (Wildman–Crippen MR) is 107 cm³/mol. The lowest BCUT2D eigenvalue weighted by atomic mass is 9.91. The van der Waals surface area contributed by atoms with Crippen molar-refractivity contribution in [3.63, 3.8) is 0 Å². The number of nitrogens with zero attached hydrogens (tertiary/aromatic N) is 2. The van der Waals surface area contributed by atoms with Crippen molar-refractivity contribution in [1.82, 2.24) is 15.4 Å². The summed E-state index contributed by atoms with van der Waals surface area (Å²) in [4.78, 5) is 14.5. The van der Waals surface area contributed by atoms with Gasteiger partial charge in [0.2, 0.25) is 12.7 Å². The fraction of sp³-hybridized carbons (Fsp3) is 0.364. The van der Waals surface area contributed by atoms with Crippen molar-refractivity contribution in [1.29, 1.82) is 0 Å². The van der Waals surface area contributed by atoms with E-state index in [4.69, 9.17) is 14.0 Å². The number of likely N-dealkylation sites (tertiary alicyclic amines) is 1. The topological polar surface area (TPSA) is 76.8 Å². The van der Waals surface area contributed by atoms with Gasteiger partial charge in [0, 0.05) is 23.9 Å². The number of halogens is 1. The van der Waals surface area contributed by atoms with Crippen molar-refractivity contribution in [3.05, 3.63) is 53.5 Å². The van der Waals surface area contributed by atoms with Gasteiger partial charge in [0.25, 0.3) is 0 Å². The van der Waals surface area contributed by atoms with E-state index < -0.39 is 0 Å². The van der Waals surface area contributed by atoms with E-state index in [1.54, 1.807) is 6.07 Å². The van der Waals surface area contributed by atoms with Gasteiger partial charge in [-0.25, -0.2) is 4.39 Å². The Morgan fingerprint density at radius 3 is 2.83 bits per heavy atom. The van der Waals surface area contributed by atoms with Crippen molar-refractivity contribution < 1.29 is 23.2 Å². The van der Waals surface area contributed by atoms with Crippen LogP contribution in [0.3, 0.4) is 0 Å². The molecular formula is C22H22FN3O4. The summed E-state index contributed by atoms with van der Waals surface area (Å²) >= 11 is 0. The minimum atomic E-state index is -0.327. The van der Waals surface area contributed by atoms with Crippen LogP contribution in [0.15, 0.2) is 40.9 Å². The molecule has 0 radical (unpaired) electrons. The van der Waals surface area contributed by atoms with Gasteiger partial charge < -0.3 is 19.3 Å². The monoisotopic (exact) mass is 411 g/mol.